The van der Waals surface area contributed by atoms with Gasteiger partial charge in [-0.2, -0.15) is 0 Å². The molecular weight excluding hydrogens is 352 g/mol. The Labute approximate surface area is 156 Å². The molecule has 1 aromatic rings. The fraction of sp³-hybridized carbons (Fsp3) is 0.611. The number of primary sulfonamides is 1. The third kappa shape index (κ3) is 7.21. The summed E-state index contributed by atoms with van der Waals surface area (Å²) in [6, 6.07) is 6.15. The van der Waals surface area contributed by atoms with E-state index in [1.807, 2.05) is 26.0 Å². The molecule has 0 aromatic heterocycles. The molecule has 0 unspecified atom stereocenters. The summed E-state index contributed by atoms with van der Waals surface area (Å²) < 4.78 is 28.3. The first-order chi connectivity index (χ1) is 12.4. The van der Waals surface area contributed by atoms with Crippen LogP contribution in [-0.2, 0) is 16.6 Å². The summed E-state index contributed by atoms with van der Waals surface area (Å²) >= 11 is 0. The number of hydrogen-bond acceptors (Lipinski definition) is 4. The van der Waals surface area contributed by atoms with Crippen molar-refractivity contribution < 1.29 is 13.2 Å². The maximum atomic E-state index is 11.1. The Kier molecular flexibility index (Phi) is 7.71. The molecule has 1 aromatic carbocycles. The molecule has 1 aliphatic rings. The highest BCUT2D eigenvalue weighted by molar-refractivity contribution is 7.89. The third-order valence-corrected chi connectivity index (χ3v) is 5.02. The van der Waals surface area contributed by atoms with Gasteiger partial charge in [0.2, 0.25) is 10.0 Å². The fourth-order valence-electron chi connectivity index (χ4n) is 2.91. The zero-order chi connectivity index (χ0) is 19.0. The minimum atomic E-state index is -3.49. The zero-order valence-corrected chi connectivity index (χ0v) is 16.4. The Morgan fingerprint density at radius 1 is 1.31 bits per heavy atom. The molecule has 0 heterocycles. The molecule has 0 spiro atoms. The van der Waals surface area contributed by atoms with Crippen molar-refractivity contribution in [3.8, 4) is 5.75 Å². The average molecular weight is 383 g/mol. The topological polar surface area (TPSA) is 106 Å². The van der Waals surface area contributed by atoms with Crippen LogP contribution in [0.15, 0.2) is 23.2 Å². The number of nitrogens with one attached hydrogen (secondary N) is 2. The number of aliphatic imine (C=N–C) groups is 1. The Morgan fingerprint density at radius 2 is 2.04 bits per heavy atom. The lowest BCUT2D eigenvalue weighted by Gasteiger charge is -2.17. The van der Waals surface area contributed by atoms with Gasteiger partial charge in [-0.15, -0.1) is 0 Å². The number of nitrogens with two attached hydrogens (primary N) is 1. The standard InChI is InChI=1S/C18H30N4O3S/c1-3-20-18(21-10-11-26(19,23)24)22-13-15-9-8-14(2)12-17(15)25-16-6-4-5-7-16/h8-9,12,16H,3-7,10-11,13H2,1-2H3,(H2,19,23,24)(H2,20,21,22). The lowest BCUT2D eigenvalue weighted by Crippen LogP contribution is -2.40. The van der Waals surface area contributed by atoms with Crippen molar-refractivity contribution in [2.75, 3.05) is 18.8 Å². The van der Waals surface area contributed by atoms with Crippen LogP contribution in [0.25, 0.3) is 0 Å². The summed E-state index contributed by atoms with van der Waals surface area (Å²) in [6.07, 6.45) is 4.95. The molecule has 0 aliphatic heterocycles. The van der Waals surface area contributed by atoms with Gasteiger partial charge in [-0.05, 0) is 51.2 Å². The van der Waals surface area contributed by atoms with Crippen LogP contribution in [0.4, 0.5) is 0 Å². The number of nitrogens with zero attached hydrogens (tertiary/aromatic N) is 1. The van der Waals surface area contributed by atoms with E-state index in [9.17, 15) is 8.42 Å². The van der Waals surface area contributed by atoms with Gasteiger partial charge in [-0.1, -0.05) is 12.1 Å². The number of aryl methyl sites for hydroxylation is 1. The SMILES string of the molecule is CCNC(=NCc1ccc(C)cc1OC1CCCC1)NCCS(N)(=O)=O. The highest BCUT2D eigenvalue weighted by Gasteiger charge is 2.18. The van der Waals surface area contributed by atoms with Gasteiger partial charge in [0.1, 0.15) is 5.75 Å². The summed E-state index contributed by atoms with van der Waals surface area (Å²) in [6.45, 7) is 5.35. The van der Waals surface area contributed by atoms with Crippen LogP contribution in [0.1, 0.15) is 43.7 Å². The molecule has 1 aliphatic carbocycles. The Hall–Kier alpha value is -1.80. The molecule has 1 fully saturated rings. The van der Waals surface area contributed by atoms with Gasteiger partial charge in [-0.3, -0.25) is 0 Å². The van der Waals surface area contributed by atoms with E-state index in [-0.39, 0.29) is 12.3 Å². The lowest BCUT2D eigenvalue weighted by atomic mass is 10.1. The summed E-state index contributed by atoms with van der Waals surface area (Å²) in [5.41, 5.74) is 2.18. The largest absolute Gasteiger partial charge is 0.490 e. The van der Waals surface area contributed by atoms with Crippen LogP contribution >= 0.6 is 0 Å². The summed E-state index contributed by atoms with van der Waals surface area (Å²) in [5, 5.41) is 11.1. The first-order valence-corrected chi connectivity index (χ1v) is 10.9. The summed E-state index contributed by atoms with van der Waals surface area (Å²) in [5.74, 6) is 1.31. The highest BCUT2D eigenvalue weighted by Crippen LogP contribution is 2.28. The molecule has 26 heavy (non-hydrogen) atoms. The van der Waals surface area contributed by atoms with E-state index in [2.05, 4.69) is 21.7 Å². The van der Waals surface area contributed by atoms with E-state index < -0.39 is 10.0 Å². The molecule has 0 amide bonds. The second kappa shape index (κ2) is 9.78. The van der Waals surface area contributed by atoms with Crippen molar-refractivity contribution in [3.05, 3.63) is 29.3 Å². The summed E-state index contributed by atoms with van der Waals surface area (Å²) in [7, 11) is -3.49. The smallest absolute Gasteiger partial charge is 0.210 e. The number of ether oxygens (including phenoxy) is 1. The Bertz CT molecular complexity index is 713. The molecule has 0 atom stereocenters. The van der Waals surface area contributed by atoms with Gasteiger partial charge in [0.05, 0.1) is 18.4 Å². The van der Waals surface area contributed by atoms with Gasteiger partial charge in [0.25, 0.3) is 0 Å². The third-order valence-electron chi connectivity index (χ3n) is 4.25. The van der Waals surface area contributed by atoms with Crippen LogP contribution < -0.4 is 20.5 Å². The number of hydrogen-bond donors (Lipinski definition) is 3. The van der Waals surface area contributed by atoms with Crippen LogP contribution in [0.3, 0.4) is 0 Å². The van der Waals surface area contributed by atoms with Crippen molar-refractivity contribution in [2.24, 2.45) is 10.1 Å². The van der Waals surface area contributed by atoms with Crippen molar-refractivity contribution >= 4 is 16.0 Å². The monoisotopic (exact) mass is 382 g/mol. The molecule has 146 valence electrons. The fourth-order valence-corrected chi connectivity index (χ4v) is 3.29. The van der Waals surface area contributed by atoms with Gasteiger partial charge in [0.15, 0.2) is 5.96 Å². The van der Waals surface area contributed by atoms with E-state index >= 15 is 0 Å². The van der Waals surface area contributed by atoms with E-state index in [0.29, 0.717) is 25.2 Å². The number of guanidine groups is 1. The Balaban J connectivity index is 2.04. The molecule has 2 rings (SSSR count). The highest BCUT2D eigenvalue weighted by atomic mass is 32.2. The van der Waals surface area contributed by atoms with Gasteiger partial charge in [0, 0.05) is 18.7 Å². The second-order valence-electron chi connectivity index (χ2n) is 6.62. The second-order valence-corrected chi connectivity index (χ2v) is 8.36. The number of sulfonamides is 1. The van der Waals surface area contributed by atoms with Crippen LogP contribution in [0.2, 0.25) is 0 Å². The number of benzene rings is 1. The molecule has 0 saturated heterocycles. The van der Waals surface area contributed by atoms with Gasteiger partial charge in [-0.25, -0.2) is 18.5 Å². The minimum Gasteiger partial charge on any atom is -0.490 e. The van der Waals surface area contributed by atoms with Crippen LogP contribution in [-0.4, -0.2) is 39.3 Å². The van der Waals surface area contributed by atoms with Gasteiger partial charge < -0.3 is 15.4 Å². The molecule has 7 nitrogen and oxygen atoms in total. The zero-order valence-electron chi connectivity index (χ0n) is 15.6. The van der Waals surface area contributed by atoms with E-state index in [1.54, 1.807) is 0 Å². The molecule has 0 bridgehead atoms. The molecule has 8 heteroatoms. The van der Waals surface area contributed by atoms with Crippen molar-refractivity contribution in [3.63, 3.8) is 0 Å². The predicted molar refractivity (Wildman–Crippen MR) is 105 cm³/mol. The normalized spacial score (nSPS) is 15.9. The molecular formula is C18H30N4O3S. The maximum Gasteiger partial charge on any atom is 0.210 e. The van der Waals surface area contributed by atoms with E-state index in [1.165, 1.54) is 12.8 Å². The summed E-state index contributed by atoms with van der Waals surface area (Å²) in [4.78, 5) is 4.55. The first kappa shape index (κ1) is 20.5. The van der Waals surface area contributed by atoms with Crippen LogP contribution in [0.5, 0.6) is 5.75 Å². The van der Waals surface area contributed by atoms with Crippen molar-refractivity contribution in [1.29, 1.82) is 0 Å². The predicted octanol–water partition coefficient (Wildman–Crippen LogP) is 1.66. The first-order valence-electron chi connectivity index (χ1n) is 9.16. The van der Waals surface area contributed by atoms with Crippen molar-refractivity contribution in [1.82, 2.24) is 10.6 Å². The maximum absolute atomic E-state index is 11.1. The molecule has 0 radical (unpaired) electrons. The average Bonchev–Trinajstić information content (AvgIpc) is 3.06. The Morgan fingerprint density at radius 3 is 2.69 bits per heavy atom. The minimum absolute atomic E-state index is 0.141. The number of rotatable bonds is 8. The molecule has 4 N–H and O–H groups in total. The van der Waals surface area contributed by atoms with Crippen molar-refractivity contribution in [2.45, 2.75) is 52.2 Å². The molecule has 1 saturated carbocycles. The lowest BCUT2D eigenvalue weighted by molar-refractivity contribution is 0.208. The van der Waals surface area contributed by atoms with E-state index in [4.69, 9.17) is 9.88 Å². The van der Waals surface area contributed by atoms with Gasteiger partial charge >= 0.3 is 0 Å². The van der Waals surface area contributed by atoms with Crippen LogP contribution in [0, 0.1) is 6.92 Å². The quantitative estimate of drug-likeness (QED) is 0.468. The van der Waals surface area contributed by atoms with E-state index in [0.717, 1.165) is 29.7 Å².